The van der Waals surface area contributed by atoms with E-state index in [1.807, 2.05) is 0 Å². The van der Waals surface area contributed by atoms with Crippen LogP contribution in [0.25, 0.3) is 0 Å². The average Bonchev–Trinajstić information content (AvgIpc) is 3.69. The summed E-state index contributed by atoms with van der Waals surface area (Å²) in [6, 6.07) is 4.46. The van der Waals surface area contributed by atoms with Gasteiger partial charge in [0, 0.05) is 39.6 Å². The number of nitrogens with one attached hydrogen (secondary N) is 6. The van der Waals surface area contributed by atoms with Crippen LogP contribution in [0.4, 0.5) is 4.79 Å². The van der Waals surface area contributed by atoms with Gasteiger partial charge in [-0.2, -0.15) is 0 Å². The standard InChI is InChI=1S/C43H62N10O10/c1-7-14-29(36(56)40(60)47-23-33(55)50-35(41(61)52(5)6)27-17-12-9-13-18-27)49-37(57)28-24-53(42(62)63-43(2,3)4)25-31(28)48-32(54)22-46-39(59)34(26-15-10-8-11-16-26)51-38(58)30-21-44-19-20-45-30/h9,12-13,17-21,26,28-29,31,34-36,56H,7-8,10-11,14-16,22-25H2,1-6H3,(H,46,59)(H,47,60)(H,48,54)(H,49,57)(H,50,55)(H,51,58)/t28?,29-,31?,34-,35-,36?/m0/s1. The Labute approximate surface area is 367 Å². The summed E-state index contributed by atoms with van der Waals surface area (Å²) in [5.41, 5.74) is -0.308. The summed E-state index contributed by atoms with van der Waals surface area (Å²) < 4.78 is 5.53. The fourth-order valence-electron chi connectivity index (χ4n) is 7.49. The lowest BCUT2D eigenvalue weighted by molar-refractivity contribution is -0.136. The predicted octanol–water partition coefficient (Wildman–Crippen LogP) is 0.331. The summed E-state index contributed by atoms with van der Waals surface area (Å²) in [5, 5.41) is 27.0. The second-order valence-corrected chi connectivity index (χ2v) is 17.0. The number of ether oxygens (including phenoxy) is 1. The molecule has 20 nitrogen and oxygen atoms in total. The minimum Gasteiger partial charge on any atom is -0.444 e. The van der Waals surface area contributed by atoms with Gasteiger partial charge >= 0.3 is 6.09 Å². The SMILES string of the molecule is CCC[C@H](NC(=O)C1CN(C(=O)OC(C)(C)C)CC1NC(=O)CNC(=O)[C@@H](NC(=O)c1cnccn1)C1CCCCC1)C(O)C(=O)NCC(=O)N[C@H](C(=O)N(C)C)c1ccccc1. The van der Waals surface area contributed by atoms with Crippen molar-refractivity contribution in [1.29, 1.82) is 0 Å². The lowest BCUT2D eigenvalue weighted by Crippen LogP contribution is -2.56. The van der Waals surface area contributed by atoms with Gasteiger partial charge in [-0.15, -0.1) is 0 Å². The van der Waals surface area contributed by atoms with Crippen LogP contribution in [0.15, 0.2) is 48.9 Å². The van der Waals surface area contributed by atoms with Crippen molar-refractivity contribution in [3.63, 3.8) is 0 Å². The van der Waals surface area contributed by atoms with Gasteiger partial charge in [-0.1, -0.05) is 62.9 Å². The molecular formula is C43H62N10O10. The van der Waals surface area contributed by atoms with Crippen molar-refractivity contribution in [2.75, 3.05) is 40.3 Å². The van der Waals surface area contributed by atoms with Crippen molar-refractivity contribution in [2.45, 2.75) is 109 Å². The summed E-state index contributed by atoms with van der Waals surface area (Å²) in [7, 11) is 3.09. The number of nitrogens with zero attached hydrogens (tertiary/aromatic N) is 4. The number of likely N-dealkylation sites (N-methyl/N-ethyl adjacent to an activating group) is 1. The van der Waals surface area contributed by atoms with Crippen molar-refractivity contribution in [3.05, 3.63) is 60.2 Å². The second kappa shape index (κ2) is 23.3. The highest BCUT2D eigenvalue weighted by Crippen LogP contribution is 2.27. The van der Waals surface area contributed by atoms with Crippen LogP contribution >= 0.6 is 0 Å². The quantitative estimate of drug-likeness (QED) is 0.107. The fourth-order valence-corrected chi connectivity index (χ4v) is 7.49. The van der Waals surface area contributed by atoms with Gasteiger partial charge < -0.3 is 51.5 Å². The minimum absolute atomic E-state index is 0.0350. The maximum absolute atomic E-state index is 14.0. The average molecular weight is 879 g/mol. The van der Waals surface area contributed by atoms with Crippen LogP contribution < -0.4 is 31.9 Å². The Morgan fingerprint density at radius 3 is 2.16 bits per heavy atom. The van der Waals surface area contributed by atoms with Crippen LogP contribution in [0.3, 0.4) is 0 Å². The number of rotatable bonds is 18. The Kier molecular flexibility index (Phi) is 18.3. The molecule has 7 N–H and O–H groups in total. The summed E-state index contributed by atoms with van der Waals surface area (Å²) in [6.45, 7) is 5.40. The van der Waals surface area contributed by atoms with Crippen LogP contribution in [-0.2, 0) is 33.5 Å². The summed E-state index contributed by atoms with van der Waals surface area (Å²) >= 11 is 0. The van der Waals surface area contributed by atoms with Crippen molar-refractivity contribution in [3.8, 4) is 0 Å². The number of hydrogen-bond acceptors (Lipinski definition) is 12. The molecule has 1 aromatic carbocycles. The van der Waals surface area contributed by atoms with Gasteiger partial charge in [-0.3, -0.25) is 38.5 Å². The fraction of sp³-hybridized carbons (Fsp3) is 0.581. The normalized spacial score (nSPS) is 18.4. The predicted molar refractivity (Wildman–Crippen MR) is 228 cm³/mol. The number of carbonyl (C=O) groups is 8. The van der Waals surface area contributed by atoms with E-state index in [2.05, 4.69) is 41.9 Å². The summed E-state index contributed by atoms with van der Waals surface area (Å²) in [4.78, 5) is 117. The smallest absolute Gasteiger partial charge is 0.410 e. The number of benzene rings is 1. The number of likely N-dealkylation sites (tertiary alicyclic amines) is 1. The van der Waals surface area contributed by atoms with Gasteiger partial charge in [-0.05, 0) is 51.5 Å². The molecule has 0 spiro atoms. The Balaban J connectivity index is 1.41. The number of aliphatic hydroxyl groups is 1. The molecule has 1 saturated heterocycles. The van der Waals surface area contributed by atoms with E-state index in [0.29, 0.717) is 24.8 Å². The first kappa shape index (κ1) is 49.5. The highest BCUT2D eigenvalue weighted by Gasteiger charge is 2.43. The van der Waals surface area contributed by atoms with E-state index in [-0.39, 0.29) is 31.1 Å². The lowest BCUT2D eigenvalue weighted by atomic mass is 9.83. The van der Waals surface area contributed by atoms with Crippen LogP contribution in [0.1, 0.15) is 94.7 Å². The van der Waals surface area contributed by atoms with Crippen LogP contribution in [0.2, 0.25) is 0 Å². The van der Waals surface area contributed by atoms with Crippen molar-refractivity contribution in [1.82, 2.24) is 51.7 Å². The van der Waals surface area contributed by atoms with E-state index in [0.717, 1.165) is 19.3 Å². The Bertz CT molecular complexity index is 1910. The van der Waals surface area contributed by atoms with Crippen LogP contribution in [0, 0.1) is 11.8 Å². The largest absolute Gasteiger partial charge is 0.444 e. The third-order valence-electron chi connectivity index (χ3n) is 10.7. The number of hydrogen-bond donors (Lipinski definition) is 7. The number of carbonyl (C=O) groups excluding carboxylic acids is 8. The van der Waals surface area contributed by atoms with Gasteiger partial charge in [0.25, 0.3) is 11.8 Å². The van der Waals surface area contributed by atoms with Gasteiger partial charge in [0.15, 0.2) is 6.10 Å². The molecule has 0 radical (unpaired) electrons. The Morgan fingerprint density at radius 1 is 0.873 bits per heavy atom. The zero-order chi connectivity index (χ0) is 46.3. The molecule has 20 heteroatoms. The highest BCUT2D eigenvalue weighted by molar-refractivity contribution is 5.97. The molecule has 1 aliphatic heterocycles. The molecular weight excluding hydrogens is 817 g/mol. The molecule has 2 aromatic rings. The maximum Gasteiger partial charge on any atom is 0.410 e. The first-order valence-electron chi connectivity index (χ1n) is 21.3. The van der Waals surface area contributed by atoms with Crippen molar-refractivity contribution >= 4 is 47.4 Å². The van der Waals surface area contributed by atoms with Gasteiger partial charge in [0.2, 0.25) is 29.5 Å². The minimum atomic E-state index is -1.81. The van der Waals surface area contributed by atoms with Crippen LogP contribution in [-0.4, -0.2) is 142 Å². The molecule has 0 bridgehead atoms. The Hall–Kier alpha value is -6.18. The molecule has 8 amide bonds. The third kappa shape index (κ3) is 15.0. The van der Waals surface area contributed by atoms with Crippen molar-refractivity contribution in [2.24, 2.45) is 11.8 Å². The van der Waals surface area contributed by atoms with E-state index >= 15 is 0 Å². The van der Waals surface area contributed by atoms with E-state index in [1.54, 1.807) is 72.1 Å². The molecule has 2 aliphatic rings. The van der Waals surface area contributed by atoms with Gasteiger partial charge in [0.1, 0.15) is 23.4 Å². The van der Waals surface area contributed by atoms with Crippen LogP contribution in [0.5, 0.6) is 0 Å². The topological polar surface area (TPSA) is 270 Å². The maximum atomic E-state index is 14.0. The van der Waals surface area contributed by atoms with E-state index in [4.69, 9.17) is 4.74 Å². The Morgan fingerprint density at radius 2 is 1.54 bits per heavy atom. The number of amides is 8. The summed E-state index contributed by atoms with van der Waals surface area (Å²) in [5.74, 6) is -5.83. The zero-order valence-electron chi connectivity index (χ0n) is 36.8. The molecule has 4 rings (SSSR count). The number of aliphatic hydroxyl groups excluding tert-OH is 1. The molecule has 63 heavy (non-hydrogen) atoms. The van der Waals surface area contributed by atoms with E-state index in [9.17, 15) is 43.5 Å². The van der Waals surface area contributed by atoms with E-state index in [1.165, 1.54) is 28.4 Å². The molecule has 6 atom stereocenters. The third-order valence-corrected chi connectivity index (χ3v) is 10.7. The molecule has 1 aliphatic carbocycles. The monoisotopic (exact) mass is 878 g/mol. The number of aromatic nitrogens is 2. The first-order chi connectivity index (χ1) is 29.9. The molecule has 3 unspecified atom stereocenters. The summed E-state index contributed by atoms with van der Waals surface area (Å²) in [6.07, 6.45) is 6.25. The van der Waals surface area contributed by atoms with Crippen molar-refractivity contribution < 1.29 is 48.2 Å². The molecule has 2 heterocycles. The lowest BCUT2D eigenvalue weighted by Gasteiger charge is -2.30. The molecule has 1 saturated carbocycles. The van der Waals surface area contributed by atoms with Gasteiger partial charge in [-0.25, -0.2) is 9.78 Å². The highest BCUT2D eigenvalue weighted by atomic mass is 16.6. The first-order valence-corrected chi connectivity index (χ1v) is 21.3. The molecule has 2 fully saturated rings. The van der Waals surface area contributed by atoms with Gasteiger partial charge in [0.05, 0.1) is 37.3 Å². The zero-order valence-corrected chi connectivity index (χ0v) is 36.8. The molecule has 1 aromatic heterocycles. The molecule has 344 valence electrons. The second-order valence-electron chi connectivity index (χ2n) is 17.0. The van der Waals surface area contributed by atoms with E-state index < -0.39 is 102 Å².